The Balaban J connectivity index is 1.66. The molecule has 0 radical (unpaired) electrons. The largest absolute Gasteiger partial charge is 0.497 e. The second-order valence-corrected chi connectivity index (χ2v) is 5.90. The number of methoxy groups -OCH3 is 1. The van der Waals surface area contributed by atoms with Crippen LogP contribution in [0.5, 0.6) is 5.75 Å². The van der Waals surface area contributed by atoms with Gasteiger partial charge in [0.15, 0.2) is 5.13 Å². The fraction of sp³-hybridized carbons (Fsp3) is 0.0556. The van der Waals surface area contributed by atoms with E-state index in [0.717, 1.165) is 11.3 Å². The average molecular weight is 350 g/mol. The average Bonchev–Trinajstić information content (AvgIpc) is 3.10. The first-order valence-electron chi connectivity index (χ1n) is 7.36. The van der Waals surface area contributed by atoms with Crippen LogP contribution >= 0.6 is 11.3 Å². The highest BCUT2D eigenvalue weighted by Gasteiger charge is 2.09. The van der Waals surface area contributed by atoms with Crippen molar-refractivity contribution in [2.45, 2.75) is 0 Å². The summed E-state index contributed by atoms with van der Waals surface area (Å²) in [6, 6.07) is 15.9. The molecule has 3 aromatic rings. The van der Waals surface area contributed by atoms with Gasteiger partial charge in [0.25, 0.3) is 0 Å². The Bertz CT molecular complexity index is 929. The molecule has 0 fully saturated rings. The molecule has 7 heteroatoms. The predicted molar refractivity (Wildman–Crippen MR) is 97.9 cm³/mol. The molecule has 0 aliphatic carbocycles. The molecule has 1 aromatic heterocycles. The van der Waals surface area contributed by atoms with Crippen LogP contribution in [0.25, 0.3) is 11.3 Å². The number of amides is 2. The Labute approximate surface area is 148 Å². The highest BCUT2D eigenvalue weighted by atomic mass is 32.1. The van der Waals surface area contributed by atoms with Crippen LogP contribution < -0.4 is 15.4 Å². The molecule has 25 heavy (non-hydrogen) atoms. The van der Waals surface area contributed by atoms with Crippen molar-refractivity contribution in [1.29, 1.82) is 5.26 Å². The molecular formula is C18H14N4O2S. The number of urea groups is 1. The van der Waals surface area contributed by atoms with E-state index in [4.69, 9.17) is 10.00 Å². The summed E-state index contributed by atoms with van der Waals surface area (Å²) in [6.45, 7) is 0. The van der Waals surface area contributed by atoms with Crippen molar-refractivity contribution in [3.8, 4) is 23.1 Å². The number of nitrogens with zero attached hydrogens (tertiary/aromatic N) is 2. The van der Waals surface area contributed by atoms with E-state index in [1.54, 1.807) is 43.5 Å². The number of rotatable bonds is 4. The molecule has 0 aliphatic heterocycles. The van der Waals surface area contributed by atoms with Crippen LogP contribution in [0, 0.1) is 11.3 Å². The van der Waals surface area contributed by atoms with Crippen molar-refractivity contribution >= 4 is 28.2 Å². The van der Waals surface area contributed by atoms with Gasteiger partial charge in [0, 0.05) is 22.7 Å². The van der Waals surface area contributed by atoms with Gasteiger partial charge in [-0.25, -0.2) is 9.78 Å². The van der Waals surface area contributed by atoms with Crippen molar-refractivity contribution in [3.05, 3.63) is 59.5 Å². The van der Waals surface area contributed by atoms with Gasteiger partial charge in [0.1, 0.15) is 5.75 Å². The smallest absolute Gasteiger partial charge is 0.325 e. The van der Waals surface area contributed by atoms with Crippen molar-refractivity contribution in [2.24, 2.45) is 0 Å². The lowest BCUT2D eigenvalue weighted by molar-refractivity contribution is 0.262. The normalized spacial score (nSPS) is 9.92. The number of hydrogen-bond acceptors (Lipinski definition) is 5. The topological polar surface area (TPSA) is 87.0 Å². The zero-order valence-corrected chi connectivity index (χ0v) is 14.1. The van der Waals surface area contributed by atoms with E-state index in [-0.39, 0.29) is 6.03 Å². The second-order valence-electron chi connectivity index (χ2n) is 5.04. The summed E-state index contributed by atoms with van der Waals surface area (Å²) in [6.07, 6.45) is 0. The lowest BCUT2D eigenvalue weighted by Crippen LogP contribution is -2.19. The fourth-order valence-electron chi connectivity index (χ4n) is 2.14. The number of aromatic nitrogens is 1. The molecule has 2 amide bonds. The first kappa shape index (κ1) is 16.5. The summed E-state index contributed by atoms with van der Waals surface area (Å²) in [4.78, 5) is 16.5. The van der Waals surface area contributed by atoms with Gasteiger partial charge in [-0.3, -0.25) is 5.32 Å². The SMILES string of the molecule is COc1cccc(NC(=O)Nc2nc(-c3ccc(C#N)cc3)cs2)c1. The van der Waals surface area contributed by atoms with Crippen LogP contribution in [0.4, 0.5) is 15.6 Å². The first-order valence-corrected chi connectivity index (χ1v) is 8.24. The van der Waals surface area contributed by atoms with Gasteiger partial charge in [-0.1, -0.05) is 18.2 Å². The maximum Gasteiger partial charge on any atom is 0.325 e. The number of carbonyl (C=O) groups excluding carboxylic acids is 1. The standard InChI is InChI=1S/C18H14N4O2S/c1-24-15-4-2-3-14(9-15)20-17(23)22-18-21-16(11-25-18)13-7-5-12(10-19)6-8-13/h2-9,11H,1H3,(H2,20,21,22,23). The Morgan fingerprint density at radius 1 is 1.20 bits per heavy atom. The maximum absolute atomic E-state index is 12.1. The Morgan fingerprint density at radius 2 is 2.00 bits per heavy atom. The third-order valence-corrected chi connectivity index (χ3v) is 4.12. The van der Waals surface area contributed by atoms with Gasteiger partial charge in [0.05, 0.1) is 24.4 Å². The van der Waals surface area contributed by atoms with E-state index in [1.165, 1.54) is 11.3 Å². The number of benzene rings is 2. The third kappa shape index (κ3) is 4.13. The number of carbonyl (C=O) groups is 1. The monoisotopic (exact) mass is 350 g/mol. The van der Waals surface area contributed by atoms with Gasteiger partial charge < -0.3 is 10.1 Å². The van der Waals surface area contributed by atoms with Gasteiger partial charge in [0.2, 0.25) is 0 Å². The zero-order valence-electron chi connectivity index (χ0n) is 13.3. The summed E-state index contributed by atoms with van der Waals surface area (Å²) >= 11 is 1.33. The van der Waals surface area contributed by atoms with Crippen molar-refractivity contribution in [1.82, 2.24) is 4.98 Å². The highest BCUT2D eigenvalue weighted by Crippen LogP contribution is 2.25. The van der Waals surface area contributed by atoms with Gasteiger partial charge in [-0.2, -0.15) is 5.26 Å². The van der Waals surface area contributed by atoms with Crippen LogP contribution in [0.15, 0.2) is 53.9 Å². The van der Waals surface area contributed by atoms with Crippen molar-refractivity contribution in [2.75, 3.05) is 17.7 Å². The minimum Gasteiger partial charge on any atom is -0.497 e. The minimum atomic E-state index is -0.381. The molecule has 0 unspecified atom stereocenters. The lowest BCUT2D eigenvalue weighted by atomic mass is 10.1. The van der Waals surface area contributed by atoms with Gasteiger partial charge in [-0.15, -0.1) is 11.3 Å². The molecule has 3 rings (SSSR count). The van der Waals surface area contributed by atoms with E-state index in [2.05, 4.69) is 21.7 Å². The lowest BCUT2D eigenvalue weighted by Gasteiger charge is -2.06. The van der Waals surface area contributed by atoms with E-state index >= 15 is 0 Å². The summed E-state index contributed by atoms with van der Waals surface area (Å²) in [5.74, 6) is 0.662. The molecule has 0 saturated heterocycles. The van der Waals surface area contributed by atoms with Crippen LogP contribution in [0.1, 0.15) is 5.56 Å². The molecule has 0 aliphatic rings. The summed E-state index contributed by atoms with van der Waals surface area (Å²) in [7, 11) is 1.57. The molecule has 2 N–H and O–H groups in total. The van der Waals surface area contributed by atoms with E-state index < -0.39 is 0 Å². The summed E-state index contributed by atoms with van der Waals surface area (Å²) in [5.41, 5.74) is 2.85. The summed E-state index contributed by atoms with van der Waals surface area (Å²) < 4.78 is 5.12. The summed E-state index contributed by atoms with van der Waals surface area (Å²) in [5, 5.41) is 16.6. The molecule has 0 atom stereocenters. The van der Waals surface area contributed by atoms with E-state index in [0.29, 0.717) is 22.1 Å². The molecule has 0 saturated carbocycles. The van der Waals surface area contributed by atoms with Crippen LogP contribution in [0.3, 0.4) is 0 Å². The predicted octanol–water partition coefficient (Wildman–Crippen LogP) is 4.33. The Hall–Kier alpha value is -3.37. The Kier molecular flexibility index (Phi) is 4.92. The van der Waals surface area contributed by atoms with Crippen molar-refractivity contribution < 1.29 is 9.53 Å². The molecule has 1 heterocycles. The fourth-order valence-corrected chi connectivity index (χ4v) is 2.85. The minimum absolute atomic E-state index is 0.381. The molecule has 124 valence electrons. The Morgan fingerprint density at radius 3 is 2.72 bits per heavy atom. The van der Waals surface area contributed by atoms with Crippen LogP contribution in [0.2, 0.25) is 0 Å². The number of hydrogen-bond donors (Lipinski definition) is 2. The molecule has 6 nitrogen and oxygen atoms in total. The highest BCUT2D eigenvalue weighted by molar-refractivity contribution is 7.14. The maximum atomic E-state index is 12.1. The number of ether oxygens (including phenoxy) is 1. The van der Waals surface area contributed by atoms with Crippen LogP contribution in [-0.2, 0) is 0 Å². The van der Waals surface area contributed by atoms with Gasteiger partial charge in [-0.05, 0) is 24.3 Å². The van der Waals surface area contributed by atoms with Crippen LogP contribution in [-0.4, -0.2) is 18.1 Å². The van der Waals surface area contributed by atoms with Gasteiger partial charge >= 0.3 is 6.03 Å². The number of thiazole rings is 1. The number of anilines is 2. The molecule has 2 aromatic carbocycles. The quantitative estimate of drug-likeness (QED) is 0.733. The van der Waals surface area contributed by atoms with Crippen molar-refractivity contribution in [3.63, 3.8) is 0 Å². The van der Waals surface area contributed by atoms with E-state index in [9.17, 15) is 4.79 Å². The van der Waals surface area contributed by atoms with E-state index in [1.807, 2.05) is 17.5 Å². The zero-order chi connectivity index (χ0) is 17.6. The first-order chi connectivity index (χ1) is 12.2. The molecular weight excluding hydrogens is 336 g/mol. The molecule has 0 spiro atoms. The third-order valence-electron chi connectivity index (χ3n) is 3.36. The second kappa shape index (κ2) is 7.47. The molecule has 0 bridgehead atoms. The number of nitrogens with one attached hydrogen (secondary N) is 2. The number of nitriles is 1.